The van der Waals surface area contributed by atoms with Crippen LogP contribution in [0.4, 0.5) is 0 Å². The molecule has 0 spiro atoms. The number of fused-ring (bicyclic) bond motifs is 1. The third kappa shape index (κ3) is 4.14. The highest BCUT2D eigenvalue weighted by molar-refractivity contribution is 5.82. The Morgan fingerprint density at radius 1 is 1.28 bits per heavy atom. The molecule has 1 fully saturated rings. The van der Waals surface area contributed by atoms with E-state index in [9.17, 15) is 4.79 Å². The van der Waals surface area contributed by atoms with Crippen LogP contribution < -0.4 is 0 Å². The van der Waals surface area contributed by atoms with Crippen LogP contribution in [0, 0.1) is 12.8 Å². The van der Waals surface area contributed by atoms with Gasteiger partial charge in [0, 0.05) is 11.8 Å². The van der Waals surface area contributed by atoms with Gasteiger partial charge in [-0.25, -0.2) is 0 Å². The van der Waals surface area contributed by atoms with Gasteiger partial charge in [0.2, 0.25) is 0 Å². The number of nitrogens with zero attached hydrogens (tertiary/aromatic N) is 1. The summed E-state index contributed by atoms with van der Waals surface area (Å²) >= 11 is 0. The van der Waals surface area contributed by atoms with Crippen molar-refractivity contribution in [1.82, 2.24) is 4.90 Å². The Kier molecular flexibility index (Phi) is 6.30. The standard InChI is InChI=1S/C22H31NO2/c1-3-4-8-18-12-14-23(15-13-18)20(10-7-16-24)22-17(2)19-9-5-6-11-21(19)25-22/h5-6,9,11,16,18,20H,3-4,7-8,10,12-15H2,1-2H3. The lowest BCUT2D eigenvalue weighted by Gasteiger charge is -2.37. The van der Waals surface area contributed by atoms with E-state index in [1.807, 2.05) is 12.1 Å². The van der Waals surface area contributed by atoms with E-state index in [-0.39, 0.29) is 6.04 Å². The van der Waals surface area contributed by atoms with Crippen LogP contribution in [-0.4, -0.2) is 24.3 Å². The maximum atomic E-state index is 11.0. The number of carbonyl (C=O) groups excluding carboxylic acids is 1. The van der Waals surface area contributed by atoms with Crippen LogP contribution in [0.15, 0.2) is 28.7 Å². The first-order valence-corrected chi connectivity index (χ1v) is 9.90. The van der Waals surface area contributed by atoms with E-state index in [1.54, 1.807) is 0 Å². The Balaban J connectivity index is 1.78. The maximum Gasteiger partial charge on any atom is 0.134 e. The van der Waals surface area contributed by atoms with Crippen molar-refractivity contribution in [3.63, 3.8) is 0 Å². The molecule has 1 atom stereocenters. The molecule has 1 aromatic carbocycles. The van der Waals surface area contributed by atoms with Gasteiger partial charge in [0.15, 0.2) is 0 Å². The molecular formula is C22H31NO2. The fraction of sp³-hybridized carbons (Fsp3) is 0.591. The number of aryl methyl sites for hydroxylation is 1. The first-order valence-electron chi connectivity index (χ1n) is 9.90. The number of hydrogen-bond donors (Lipinski definition) is 0. The van der Waals surface area contributed by atoms with Crippen LogP contribution in [0.5, 0.6) is 0 Å². The van der Waals surface area contributed by atoms with E-state index >= 15 is 0 Å². The van der Waals surface area contributed by atoms with Crippen LogP contribution in [0.25, 0.3) is 11.0 Å². The zero-order valence-electron chi connectivity index (χ0n) is 15.7. The molecule has 3 nitrogen and oxygen atoms in total. The van der Waals surface area contributed by atoms with E-state index in [0.29, 0.717) is 6.42 Å². The molecule has 0 aliphatic carbocycles. The summed E-state index contributed by atoms with van der Waals surface area (Å²) in [6, 6.07) is 8.48. The monoisotopic (exact) mass is 341 g/mol. The summed E-state index contributed by atoms with van der Waals surface area (Å²) in [5.74, 6) is 1.94. The SMILES string of the molecule is CCCCC1CCN(C(CCC=O)c2oc3ccccc3c2C)CC1. The predicted molar refractivity (Wildman–Crippen MR) is 103 cm³/mol. The van der Waals surface area contributed by atoms with Gasteiger partial charge < -0.3 is 9.21 Å². The van der Waals surface area contributed by atoms with Crippen molar-refractivity contribution in [3.05, 3.63) is 35.6 Å². The number of unbranched alkanes of at least 4 members (excludes halogenated alkanes) is 1. The Bertz CT molecular complexity index is 682. The third-order valence-electron chi connectivity index (χ3n) is 5.80. The molecule has 1 unspecified atom stereocenters. The number of likely N-dealkylation sites (tertiary alicyclic amines) is 1. The predicted octanol–water partition coefficient (Wildman–Crippen LogP) is 5.66. The van der Waals surface area contributed by atoms with E-state index < -0.39 is 0 Å². The number of aldehydes is 1. The molecule has 1 aliphatic heterocycles. The molecule has 25 heavy (non-hydrogen) atoms. The van der Waals surface area contributed by atoms with Crippen molar-refractivity contribution >= 4 is 17.3 Å². The van der Waals surface area contributed by atoms with Crippen molar-refractivity contribution < 1.29 is 9.21 Å². The number of rotatable bonds is 8. The highest BCUT2D eigenvalue weighted by Crippen LogP contribution is 2.37. The van der Waals surface area contributed by atoms with Crippen LogP contribution in [0.1, 0.15) is 69.2 Å². The van der Waals surface area contributed by atoms with Crippen molar-refractivity contribution in [2.45, 2.75) is 64.8 Å². The molecule has 0 saturated carbocycles. The lowest BCUT2D eigenvalue weighted by Crippen LogP contribution is -2.37. The second kappa shape index (κ2) is 8.66. The van der Waals surface area contributed by atoms with Crippen molar-refractivity contribution in [3.8, 4) is 0 Å². The Hall–Kier alpha value is -1.61. The van der Waals surface area contributed by atoms with Crippen LogP contribution in [0.3, 0.4) is 0 Å². The minimum atomic E-state index is 0.227. The number of furan rings is 1. The smallest absolute Gasteiger partial charge is 0.134 e. The van der Waals surface area contributed by atoms with Gasteiger partial charge >= 0.3 is 0 Å². The molecule has 0 N–H and O–H groups in total. The van der Waals surface area contributed by atoms with E-state index in [2.05, 4.69) is 30.9 Å². The molecule has 0 bridgehead atoms. The fourth-order valence-corrected chi connectivity index (χ4v) is 4.26. The van der Waals surface area contributed by atoms with Gasteiger partial charge in [-0.05, 0) is 56.8 Å². The average Bonchev–Trinajstić information content (AvgIpc) is 2.98. The lowest BCUT2D eigenvalue weighted by atomic mass is 9.90. The summed E-state index contributed by atoms with van der Waals surface area (Å²) in [5.41, 5.74) is 2.20. The van der Waals surface area contributed by atoms with Crippen LogP contribution in [-0.2, 0) is 4.79 Å². The zero-order chi connectivity index (χ0) is 17.6. The maximum absolute atomic E-state index is 11.0. The molecule has 2 heterocycles. The normalized spacial score (nSPS) is 17.8. The van der Waals surface area contributed by atoms with Gasteiger partial charge in [-0.2, -0.15) is 0 Å². The van der Waals surface area contributed by atoms with Gasteiger partial charge in [0.25, 0.3) is 0 Å². The van der Waals surface area contributed by atoms with E-state index in [4.69, 9.17) is 4.42 Å². The molecule has 2 aromatic rings. The van der Waals surface area contributed by atoms with Crippen LogP contribution in [0.2, 0.25) is 0 Å². The van der Waals surface area contributed by atoms with Crippen molar-refractivity contribution in [1.29, 1.82) is 0 Å². The molecular weight excluding hydrogens is 310 g/mol. The summed E-state index contributed by atoms with van der Waals surface area (Å²) in [6.07, 6.45) is 9.04. The summed E-state index contributed by atoms with van der Waals surface area (Å²) < 4.78 is 6.25. The minimum absolute atomic E-state index is 0.227. The summed E-state index contributed by atoms with van der Waals surface area (Å²) in [6.45, 7) is 6.67. The van der Waals surface area contributed by atoms with Gasteiger partial charge in [-0.3, -0.25) is 4.90 Å². The van der Waals surface area contributed by atoms with Crippen LogP contribution >= 0.6 is 0 Å². The second-order valence-electron chi connectivity index (χ2n) is 7.47. The Morgan fingerprint density at radius 3 is 2.72 bits per heavy atom. The molecule has 1 aliphatic rings. The molecule has 3 heteroatoms. The van der Waals surface area contributed by atoms with E-state index in [1.165, 1.54) is 43.1 Å². The second-order valence-corrected chi connectivity index (χ2v) is 7.47. The first-order chi connectivity index (χ1) is 12.2. The summed E-state index contributed by atoms with van der Waals surface area (Å²) in [7, 11) is 0. The minimum Gasteiger partial charge on any atom is -0.459 e. The summed E-state index contributed by atoms with van der Waals surface area (Å²) in [5, 5.41) is 1.20. The molecule has 1 saturated heterocycles. The number of carbonyl (C=O) groups is 1. The molecule has 1 aromatic heterocycles. The van der Waals surface area contributed by atoms with Crippen molar-refractivity contribution in [2.24, 2.45) is 5.92 Å². The molecule has 3 rings (SSSR count). The van der Waals surface area contributed by atoms with Gasteiger partial charge in [-0.15, -0.1) is 0 Å². The number of piperidine rings is 1. The van der Waals surface area contributed by atoms with Gasteiger partial charge in [0.05, 0.1) is 6.04 Å². The number of para-hydroxylation sites is 1. The zero-order valence-corrected chi connectivity index (χ0v) is 15.7. The van der Waals surface area contributed by atoms with E-state index in [0.717, 1.165) is 43.1 Å². The van der Waals surface area contributed by atoms with Gasteiger partial charge in [-0.1, -0.05) is 44.4 Å². The Morgan fingerprint density at radius 2 is 2.04 bits per heavy atom. The topological polar surface area (TPSA) is 33.5 Å². The third-order valence-corrected chi connectivity index (χ3v) is 5.80. The largest absolute Gasteiger partial charge is 0.459 e. The van der Waals surface area contributed by atoms with Crippen molar-refractivity contribution in [2.75, 3.05) is 13.1 Å². The van der Waals surface area contributed by atoms with Gasteiger partial charge in [0.1, 0.15) is 17.6 Å². The first kappa shape index (κ1) is 18.2. The average molecular weight is 341 g/mol. The quantitative estimate of drug-likeness (QED) is 0.581. The highest BCUT2D eigenvalue weighted by Gasteiger charge is 2.29. The fourth-order valence-electron chi connectivity index (χ4n) is 4.26. The molecule has 136 valence electrons. The highest BCUT2D eigenvalue weighted by atomic mass is 16.3. The lowest BCUT2D eigenvalue weighted by molar-refractivity contribution is -0.108. The number of hydrogen-bond acceptors (Lipinski definition) is 3. The Labute approximate surface area is 151 Å². The molecule has 0 amide bonds. The number of benzene rings is 1. The summed E-state index contributed by atoms with van der Waals surface area (Å²) in [4.78, 5) is 13.6. The molecule has 0 radical (unpaired) electrons.